The van der Waals surface area contributed by atoms with Crippen molar-refractivity contribution in [1.82, 2.24) is 0 Å². The van der Waals surface area contributed by atoms with Gasteiger partial charge >= 0.3 is 25.0 Å². The zero-order valence-electron chi connectivity index (χ0n) is 2.79. The Morgan fingerprint density at radius 1 is 1.29 bits per heavy atom. The molecule has 7 heavy (non-hydrogen) atoms. The van der Waals surface area contributed by atoms with E-state index in [0.29, 0.717) is 0 Å². The van der Waals surface area contributed by atoms with Crippen molar-refractivity contribution in [3.63, 3.8) is 0 Å². The average molecular weight is 179 g/mol. The number of carbonyl (C=O) groups is 1. The molecule has 0 fully saturated rings. The van der Waals surface area contributed by atoms with Crippen molar-refractivity contribution >= 4 is 25.0 Å². The molecule has 0 amide bonds. The van der Waals surface area contributed by atoms with E-state index in [1.807, 2.05) is 0 Å². The summed E-state index contributed by atoms with van der Waals surface area (Å²) >= 11 is 0. The third kappa shape index (κ3) is 204. The van der Waals surface area contributed by atoms with Crippen molar-refractivity contribution in [1.29, 1.82) is 0 Å². The van der Waals surface area contributed by atoms with Crippen molar-refractivity contribution in [2.75, 3.05) is 0 Å². The smallest absolute Gasteiger partial charge is 0 e. The summed E-state index contributed by atoms with van der Waals surface area (Å²) in [5.41, 5.74) is 0. The van der Waals surface area contributed by atoms with Crippen molar-refractivity contribution in [2.45, 2.75) is 0 Å². The Balaban J connectivity index is -0.0000000150. The monoisotopic (exact) mass is 179 g/mol. The average Bonchev–Trinajstić information content (AvgIpc) is 0.811. The quantitative estimate of drug-likeness (QED) is 0.503. The van der Waals surface area contributed by atoms with Crippen LogP contribution in [0, 0.1) is 0 Å². The Bertz CT molecular complexity index is 37.9. The van der Waals surface area contributed by atoms with Gasteiger partial charge in [0.1, 0.15) is 0 Å². The minimum absolute atomic E-state index is 0. The molecule has 0 saturated carbocycles. The van der Waals surface area contributed by atoms with Crippen LogP contribution < -0.4 is 0 Å². The molecule has 0 aromatic carbocycles. The summed E-state index contributed by atoms with van der Waals surface area (Å²) in [6.07, 6.45) is -1.83. The minimum atomic E-state index is -1.83. The summed E-state index contributed by atoms with van der Waals surface area (Å²) in [6, 6.07) is 0. The molecule has 1 radical (unpaired) electrons. The van der Waals surface area contributed by atoms with E-state index in [2.05, 4.69) is 0 Å². The number of hydrogen-bond acceptors (Lipinski definition) is 1. The molecule has 0 saturated heterocycles. The Morgan fingerprint density at radius 2 is 1.29 bits per heavy atom. The Hall–Kier alpha value is 0.901. The van der Waals surface area contributed by atoms with E-state index in [1.165, 1.54) is 0 Å². The van der Waals surface area contributed by atoms with Gasteiger partial charge in [-0.2, -0.15) is 0 Å². The molecule has 37 valence electrons. The van der Waals surface area contributed by atoms with Crippen molar-refractivity contribution < 1.29 is 52.4 Å². The van der Waals surface area contributed by atoms with E-state index in [4.69, 9.17) is 15.0 Å². The number of rotatable bonds is 0. The predicted molar refractivity (Wildman–Crippen MR) is 20.3 cm³/mol. The molecular formula is CH4FLiO3Y. The van der Waals surface area contributed by atoms with Gasteiger partial charge in [-0.25, -0.2) is 4.79 Å². The fourth-order valence-corrected chi connectivity index (χ4v) is 0. The molecule has 0 aromatic rings. The van der Waals surface area contributed by atoms with Crippen LogP contribution in [-0.2, 0) is 32.7 Å². The fourth-order valence-electron chi connectivity index (χ4n) is 0. The van der Waals surface area contributed by atoms with Crippen LogP contribution in [0.5, 0.6) is 0 Å². The zero-order valence-corrected chi connectivity index (χ0v) is 5.63. The first-order valence-electron chi connectivity index (χ1n) is 0.651. The Labute approximate surface area is 76.9 Å². The first kappa shape index (κ1) is 24.7. The molecule has 0 heterocycles. The van der Waals surface area contributed by atoms with Gasteiger partial charge in [0, 0.05) is 32.7 Å². The minimum Gasteiger partial charge on any atom is 0 e. The molecule has 0 aliphatic rings. The van der Waals surface area contributed by atoms with E-state index in [0.717, 1.165) is 0 Å². The molecule has 6 heteroatoms. The van der Waals surface area contributed by atoms with Crippen molar-refractivity contribution in [2.24, 2.45) is 0 Å². The maximum Gasteiger partial charge on any atom is 0 e. The van der Waals surface area contributed by atoms with Crippen molar-refractivity contribution in [3.8, 4) is 0 Å². The molecule has 0 bridgehead atoms. The molecule has 0 unspecified atom stereocenters. The molecule has 0 aromatic heterocycles. The number of carboxylic acid groups (broad SMARTS) is 2. The van der Waals surface area contributed by atoms with Gasteiger partial charge in [0.15, 0.2) is 0 Å². The van der Waals surface area contributed by atoms with Crippen LogP contribution >= 0.6 is 0 Å². The van der Waals surface area contributed by atoms with Gasteiger partial charge in [-0.05, 0) is 0 Å². The maximum absolute atomic E-state index is 8.56. The molecule has 2 N–H and O–H groups in total. The summed E-state index contributed by atoms with van der Waals surface area (Å²) < 4.78 is 0. The normalized spacial score (nSPS) is 3.43. The van der Waals surface area contributed by atoms with Crippen LogP contribution in [0.2, 0.25) is 0 Å². The van der Waals surface area contributed by atoms with E-state index in [-0.39, 0.29) is 56.3 Å². The topological polar surface area (TPSA) is 57.5 Å². The molecule has 3 nitrogen and oxygen atoms in total. The van der Waals surface area contributed by atoms with Crippen LogP contribution in [0.3, 0.4) is 0 Å². The zero-order chi connectivity index (χ0) is 3.58. The summed E-state index contributed by atoms with van der Waals surface area (Å²) in [7, 11) is 0. The Kier molecular flexibility index (Phi) is 55.8. The van der Waals surface area contributed by atoms with E-state index < -0.39 is 6.16 Å². The summed E-state index contributed by atoms with van der Waals surface area (Å²) in [6.45, 7) is 0. The predicted octanol–water partition coefficient (Wildman–Crippen LogP) is -0.276. The maximum atomic E-state index is 8.56. The first-order chi connectivity index (χ1) is 1.73. The number of halogens is 1. The second-order valence-electron chi connectivity index (χ2n) is 0.283. The molecular weight excluding hydrogens is 175 g/mol. The van der Waals surface area contributed by atoms with Crippen LogP contribution in [0.25, 0.3) is 0 Å². The summed E-state index contributed by atoms with van der Waals surface area (Å²) in [5.74, 6) is 0. The van der Waals surface area contributed by atoms with Gasteiger partial charge < -0.3 is 10.2 Å². The van der Waals surface area contributed by atoms with Gasteiger partial charge in [0.25, 0.3) is 0 Å². The van der Waals surface area contributed by atoms with Gasteiger partial charge in [-0.15, -0.1) is 0 Å². The van der Waals surface area contributed by atoms with E-state index in [1.54, 1.807) is 0 Å². The SMILES string of the molecule is F.O=C(O)O.[LiH].[Y]. The third-order valence-electron chi connectivity index (χ3n) is 0. The molecule has 0 aliphatic carbocycles. The third-order valence-corrected chi connectivity index (χ3v) is 0. The molecule has 0 rings (SSSR count). The number of hydrogen-bond donors (Lipinski definition) is 2. The van der Waals surface area contributed by atoms with E-state index >= 15 is 0 Å². The van der Waals surface area contributed by atoms with Gasteiger partial charge in [-0.1, -0.05) is 0 Å². The van der Waals surface area contributed by atoms with Crippen LogP contribution in [0.4, 0.5) is 9.50 Å². The van der Waals surface area contributed by atoms with Gasteiger partial charge in [0.05, 0.1) is 0 Å². The second-order valence-corrected chi connectivity index (χ2v) is 0.283. The molecule has 0 aliphatic heterocycles. The summed E-state index contributed by atoms with van der Waals surface area (Å²) in [4.78, 5) is 8.56. The van der Waals surface area contributed by atoms with Crippen LogP contribution in [-0.4, -0.2) is 35.2 Å². The van der Waals surface area contributed by atoms with Gasteiger partial charge in [-0.3, -0.25) is 4.70 Å². The molecule has 0 atom stereocenters. The second kappa shape index (κ2) is 15.8. The van der Waals surface area contributed by atoms with Crippen LogP contribution in [0.15, 0.2) is 0 Å². The van der Waals surface area contributed by atoms with E-state index in [9.17, 15) is 0 Å². The van der Waals surface area contributed by atoms with Gasteiger partial charge in [0.2, 0.25) is 0 Å². The van der Waals surface area contributed by atoms with Crippen LogP contribution in [0.1, 0.15) is 0 Å². The first-order valence-corrected chi connectivity index (χ1v) is 0.651. The standard InChI is InChI=1S/CH2O3.FH.Li.Y.H/c2-1(3)4;;;;/h(H2,2,3,4);1H;;;. The van der Waals surface area contributed by atoms with Crippen molar-refractivity contribution in [3.05, 3.63) is 0 Å². The fraction of sp³-hybridized carbons (Fsp3) is 0. The molecule has 0 spiro atoms. The Morgan fingerprint density at radius 3 is 1.29 bits per heavy atom. The summed E-state index contributed by atoms with van der Waals surface area (Å²) in [5, 5.41) is 13.9. The largest absolute Gasteiger partial charge is 0 e.